The van der Waals surface area contributed by atoms with Gasteiger partial charge in [-0.3, -0.25) is 19.3 Å². The molecule has 3 rings (SSSR count). The van der Waals surface area contributed by atoms with Crippen LogP contribution in [0.15, 0.2) is 54.6 Å². The summed E-state index contributed by atoms with van der Waals surface area (Å²) in [6, 6.07) is 13.6. The van der Waals surface area contributed by atoms with Crippen molar-refractivity contribution in [3.63, 3.8) is 0 Å². The molecule has 0 radical (unpaired) electrons. The molecule has 7 heteroatoms. The number of amides is 2. The van der Waals surface area contributed by atoms with Crippen LogP contribution >= 0.6 is 0 Å². The predicted molar refractivity (Wildman–Crippen MR) is 91.0 cm³/mol. The second-order valence-electron chi connectivity index (χ2n) is 5.78. The van der Waals surface area contributed by atoms with Crippen LogP contribution in [0, 0.1) is 0 Å². The fourth-order valence-corrected chi connectivity index (χ4v) is 2.59. The molecule has 0 saturated carbocycles. The monoisotopic (exact) mass is 352 g/mol. The maximum atomic E-state index is 12.2. The number of fused-ring (bicyclic) bond motifs is 1. The average molecular weight is 352 g/mol. The van der Waals surface area contributed by atoms with Gasteiger partial charge in [0, 0.05) is 0 Å². The van der Waals surface area contributed by atoms with Gasteiger partial charge in [0.2, 0.25) is 0 Å². The third kappa shape index (κ3) is 3.38. The highest BCUT2D eigenvalue weighted by molar-refractivity contribution is 6.23. The fraction of sp³-hybridized carbons (Fsp3) is 0.158. The van der Waals surface area contributed by atoms with Crippen LogP contribution in [-0.4, -0.2) is 41.1 Å². The first-order chi connectivity index (χ1) is 12.5. The summed E-state index contributed by atoms with van der Waals surface area (Å²) in [5, 5.41) is 0. The van der Waals surface area contributed by atoms with E-state index in [0.29, 0.717) is 0 Å². The van der Waals surface area contributed by atoms with E-state index in [4.69, 9.17) is 10.5 Å². The van der Waals surface area contributed by atoms with E-state index in [1.165, 1.54) is 12.1 Å². The minimum absolute atomic E-state index is 0.0202. The number of imide groups is 1. The fourth-order valence-electron chi connectivity index (χ4n) is 2.59. The number of ether oxygens (including phenoxy) is 1. The van der Waals surface area contributed by atoms with Gasteiger partial charge < -0.3 is 10.5 Å². The first-order valence-corrected chi connectivity index (χ1v) is 7.93. The van der Waals surface area contributed by atoms with Crippen molar-refractivity contribution in [3.05, 3.63) is 71.3 Å². The van der Waals surface area contributed by atoms with Gasteiger partial charge in [0.15, 0.2) is 11.8 Å². The second-order valence-corrected chi connectivity index (χ2v) is 5.78. The Hall–Kier alpha value is -3.32. The first kappa shape index (κ1) is 17.5. The molecule has 26 heavy (non-hydrogen) atoms. The summed E-state index contributed by atoms with van der Waals surface area (Å²) in [5.41, 5.74) is 6.83. The van der Waals surface area contributed by atoms with Crippen LogP contribution in [-0.2, 0) is 20.9 Å². The first-order valence-electron chi connectivity index (χ1n) is 7.93. The van der Waals surface area contributed by atoms with Crippen molar-refractivity contribution in [2.24, 2.45) is 5.73 Å². The minimum atomic E-state index is -1.57. The number of nitrogens with zero attached hydrogens (tertiary/aromatic N) is 1. The highest BCUT2D eigenvalue weighted by Gasteiger charge is 2.38. The molecular formula is C19H16N2O5. The number of hydrogen-bond acceptors (Lipinski definition) is 6. The van der Waals surface area contributed by atoms with Crippen molar-refractivity contribution in [3.8, 4) is 0 Å². The molecule has 0 fully saturated rings. The van der Waals surface area contributed by atoms with Crippen LogP contribution in [0.1, 0.15) is 26.3 Å². The van der Waals surface area contributed by atoms with Crippen molar-refractivity contribution in [2.75, 3.05) is 6.54 Å². The van der Waals surface area contributed by atoms with E-state index < -0.39 is 36.2 Å². The number of carbonyl (C=O) groups is 4. The van der Waals surface area contributed by atoms with Crippen LogP contribution in [0.4, 0.5) is 0 Å². The van der Waals surface area contributed by atoms with E-state index in [-0.39, 0.29) is 17.7 Å². The van der Waals surface area contributed by atoms with Crippen LogP contribution in [0.25, 0.3) is 0 Å². The number of ketones is 1. The van der Waals surface area contributed by atoms with Gasteiger partial charge in [-0.1, -0.05) is 42.5 Å². The molecule has 0 saturated heterocycles. The third-order valence-corrected chi connectivity index (χ3v) is 4.02. The van der Waals surface area contributed by atoms with Crippen LogP contribution in [0.5, 0.6) is 0 Å². The van der Waals surface area contributed by atoms with Gasteiger partial charge >= 0.3 is 5.97 Å². The zero-order valence-corrected chi connectivity index (χ0v) is 13.8. The van der Waals surface area contributed by atoms with E-state index in [0.717, 1.165) is 10.5 Å². The highest BCUT2D eigenvalue weighted by atomic mass is 16.5. The molecule has 2 aromatic rings. The lowest BCUT2D eigenvalue weighted by Crippen LogP contribution is -2.46. The Morgan fingerprint density at radius 3 is 2.04 bits per heavy atom. The van der Waals surface area contributed by atoms with Gasteiger partial charge in [-0.2, -0.15) is 0 Å². The Labute approximate surface area is 149 Å². The normalized spacial score (nSPS) is 14.1. The summed E-state index contributed by atoms with van der Waals surface area (Å²) < 4.78 is 5.02. The lowest BCUT2D eigenvalue weighted by Gasteiger charge is -2.16. The van der Waals surface area contributed by atoms with Gasteiger partial charge in [-0.05, 0) is 17.7 Å². The smallest absolute Gasteiger partial charge is 0.331 e. The Morgan fingerprint density at radius 2 is 1.46 bits per heavy atom. The van der Waals surface area contributed by atoms with Crippen molar-refractivity contribution >= 4 is 23.6 Å². The standard InChI is InChI=1S/C19H16N2O5/c20-16(19(25)26-11-12-6-2-1-3-7-12)15(22)10-21-17(23)13-8-4-5-9-14(13)18(21)24/h1-9,16H,10-11,20H2/t16-/m1/s1. The Bertz CT molecular complexity index is 844. The number of hydrogen-bond donors (Lipinski definition) is 1. The molecule has 0 aliphatic carbocycles. The summed E-state index contributed by atoms with van der Waals surface area (Å²) in [7, 11) is 0. The molecule has 7 nitrogen and oxygen atoms in total. The molecule has 0 bridgehead atoms. The maximum Gasteiger partial charge on any atom is 0.331 e. The molecule has 2 aromatic carbocycles. The Kier molecular flexibility index (Phi) is 4.90. The van der Waals surface area contributed by atoms with Crippen molar-refractivity contribution in [1.82, 2.24) is 4.90 Å². The molecule has 0 unspecified atom stereocenters. The molecule has 1 aliphatic heterocycles. The van der Waals surface area contributed by atoms with E-state index in [9.17, 15) is 19.2 Å². The second kappa shape index (κ2) is 7.28. The molecule has 2 N–H and O–H groups in total. The molecular weight excluding hydrogens is 336 g/mol. The highest BCUT2D eigenvalue weighted by Crippen LogP contribution is 2.22. The number of rotatable bonds is 6. The molecule has 2 amide bonds. The van der Waals surface area contributed by atoms with E-state index in [1.807, 2.05) is 6.07 Å². The van der Waals surface area contributed by atoms with Crippen molar-refractivity contribution < 1.29 is 23.9 Å². The maximum absolute atomic E-state index is 12.2. The molecule has 1 aliphatic rings. The lowest BCUT2D eigenvalue weighted by atomic mass is 10.1. The number of carbonyl (C=O) groups excluding carboxylic acids is 4. The number of esters is 1. The largest absolute Gasteiger partial charge is 0.459 e. The van der Waals surface area contributed by atoms with Gasteiger partial charge in [-0.15, -0.1) is 0 Å². The molecule has 1 heterocycles. The average Bonchev–Trinajstić information content (AvgIpc) is 2.91. The van der Waals surface area contributed by atoms with E-state index >= 15 is 0 Å². The van der Waals surface area contributed by atoms with Crippen molar-refractivity contribution in [1.29, 1.82) is 0 Å². The SMILES string of the molecule is N[C@H](C(=O)CN1C(=O)c2ccccc2C1=O)C(=O)OCc1ccccc1. The summed E-state index contributed by atoms with van der Waals surface area (Å²) in [4.78, 5) is 49.5. The molecule has 0 aromatic heterocycles. The summed E-state index contributed by atoms with van der Waals surface area (Å²) in [6.07, 6.45) is 0. The number of Topliss-reactive ketones (excluding diaryl/α,β-unsaturated/α-hetero) is 1. The van der Waals surface area contributed by atoms with Gasteiger partial charge in [0.1, 0.15) is 6.61 Å². The predicted octanol–water partition coefficient (Wildman–Crippen LogP) is 0.922. The van der Waals surface area contributed by atoms with E-state index in [2.05, 4.69) is 0 Å². The van der Waals surface area contributed by atoms with Gasteiger partial charge in [0.05, 0.1) is 17.7 Å². The molecule has 132 valence electrons. The quantitative estimate of drug-likeness (QED) is 0.471. The Morgan fingerprint density at radius 1 is 0.923 bits per heavy atom. The summed E-state index contributed by atoms with van der Waals surface area (Å²) in [6.45, 7) is -0.596. The summed E-state index contributed by atoms with van der Waals surface area (Å²) >= 11 is 0. The lowest BCUT2D eigenvalue weighted by molar-refractivity contribution is -0.149. The minimum Gasteiger partial charge on any atom is -0.459 e. The Balaban J connectivity index is 1.60. The zero-order valence-electron chi connectivity index (χ0n) is 13.8. The van der Waals surface area contributed by atoms with Gasteiger partial charge in [0.25, 0.3) is 11.8 Å². The van der Waals surface area contributed by atoms with E-state index in [1.54, 1.807) is 36.4 Å². The summed E-state index contributed by atoms with van der Waals surface area (Å²) in [5.74, 6) is -2.83. The number of nitrogens with two attached hydrogens (primary N) is 1. The third-order valence-electron chi connectivity index (χ3n) is 4.02. The van der Waals surface area contributed by atoms with Crippen molar-refractivity contribution in [2.45, 2.75) is 12.6 Å². The molecule has 1 atom stereocenters. The van der Waals surface area contributed by atoms with Crippen LogP contribution < -0.4 is 5.73 Å². The van der Waals surface area contributed by atoms with Gasteiger partial charge in [-0.25, -0.2) is 4.79 Å². The molecule has 0 spiro atoms. The zero-order chi connectivity index (χ0) is 18.7. The van der Waals surface area contributed by atoms with Crippen LogP contribution in [0.2, 0.25) is 0 Å². The van der Waals surface area contributed by atoms with Crippen LogP contribution in [0.3, 0.4) is 0 Å². The topological polar surface area (TPSA) is 107 Å². The number of benzene rings is 2.